The number of aliphatic hydroxyl groups is 1. The summed E-state index contributed by atoms with van der Waals surface area (Å²) in [6.07, 6.45) is -0.531. The van der Waals surface area contributed by atoms with Crippen molar-refractivity contribution in [3.8, 4) is 0 Å². The third-order valence-corrected chi connectivity index (χ3v) is 3.63. The van der Waals surface area contributed by atoms with Gasteiger partial charge >= 0.3 is 0 Å². The second kappa shape index (κ2) is 9.08. The molecule has 1 rings (SSSR count). The van der Waals surface area contributed by atoms with E-state index in [1.165, 1.54) is 0 Å². The molecule has 1 aromatic rings. The molecule has 6 heteroatoms. The van der Waals surface area contributed by atoms with Crippen molar-refractivity contribution in [2.24, 2.45) is 0 Å². The Balaban J connectivity index is 2.29. The quantitative estimate of drug-likeness (QED) is 0.492. The summed E-state index contributed by atoms with van der Waals surface area (Å²) in [4.78, 5) is 0. The molecule has 0 heterocycles. The summed E-state index contributed by atoms with van der Waals surface area (Å²) in [5, 5.41) is 12.9. The lowest BCUT2D eigenvalue weighted by Gasteiger charge is -2.14. The molecule has 2 N–H and O–H groups in total. The fourth-order valence-electron chi connectivity index (χ4n) is 1.28. The summed E-state index contributed by atoms with van der Waals surface area (Å²) >= 11 is 5.67. The van der Waals surface area contributed by atoms with E-state index < -0.39 is 6.10 Å². The van der Waals surface area contributed by atoms with Crippen molar-refractivity contribution in [3.05, 3.63) is 26.2 Å². The molecule has 1 aromatic carbocycles. The van der Waals surface area contributed by atoms with E-state index in [9.17, 15) is 5.11 Å². The van der Waals surface area contributed by atoms with Crippen LogP contribution in [0.15, 0.2) is 22.7 Å². The van der Waals surface area contributed by atoms with Crippen LogP contribution in [0.25, 0.3) is 0 Å². The van der Waals surface area contributed by atoms with Crippen LogP contribution in [0.1, 0.15) is 0 Å². The standard InChI is InChI=1S/C12H17BrINO3/c1-17-4-5-18-8-10(16)7-15-12-6-9(13)2-3-11(12)14/h2-3,6,10,15-16H,4-5,7-8H2,1H3. The first-order valence-electron chi connectivity index (χ1n) is 5.57. The van der Waals surface area contributed by atoms with Crippen LogP contribution in [0.5, 0.6) is 0 Å². The van der Waals surface area contributed by atoms with Crippen LogP contribution in [0, 0.1) is 3.57 Å². The molecule has 18 heavy (non-hydrogen) atoms. The van der Waals surface area contributed by atoms with Crippen molar-refractivity contribution in [1.82, 2.24) is 0 Å². The van der Waals surface area contributed by atoms with Crippen molar-refractivity contribution in [2.75, 3.05) is 38.8 Å². The molecule has 1 atom stereocenters. The van der Waals surface area contributed by atoms with Crippen molar-refractivity contribution in [3.63, 3.8) is 0 Å². The number of halogens is 2. The van der Waals surface area contributed by atoms with Crippen molar-refractivity contribution >= 4 is 44.2 Å². The Labute approximate surface area is 129 Å². The second-order valence-electron chi connectivity index (χ2n) is 3.73. The molecule has 102 valence electrons. The molecule has 0 saturated carbocycles. The number of hydrogen-bond donors (Lipinski definition) is 2. The lowest BCUT2D eigenvalue weighted by molar-refractivity contribution is 0.0182. The van der Waals surface area contributed by atoms with Crippen LogP contribution in [0.2, 0.25) is 0 Å². The van der Waals surface area contributed by atoms with Crippen LogP contribution < -0.4 is 5.32 Å². The first-order valence-corrected chi connectivity index (χ1v) is 7.44. The fourth-order valence-corrected chi connectivity index (χ4v) is 2.17. The second-order valence-corrected chi connectivity index (χ2v) is 5.80. The molecule has 0 amide bonds. The lowest BCUT2D eigenvalue weighted by atomic mass is 10.3. The summed E-state index contributed by atoms with van der Waals surface area (Å²) in [6.45, 7) is 1.81. The van der Waals surface area contributed by atoms with Crippen molar-refractivity contribution < 1.29 is 14.6 Å². The SMILES string of the molecule is COCCOCC(O)CNc1cc(Br)ccc1I. The van der Waals surface area contributed by atoms with Crippen molar-refractivity contribution in [1.29, 1.82) is 0 Å². The van der Waals surface area contributed by atoms with Gasteiger partial charge in [0.15, 0.2) is 0 Å². The number of ether oxygens (including phenoxy) is 2. The number of methoxy groups -OCH3 is 1. The fraction of sp³-hybridized carbons (Fsp3) is 0.500. The largest absolute Gasteiger partial charge is 0.389 e. The summed E-state index contributed by atoms with van der Waals surface area (Å²) < 4.78 is 12.2. The average molecular weight is 430 g/mol. The minimum absolute atomic E-state index is 0.306. The number of anilines is 1. The molecule has 1 unspecified atom stereocenters. The van der Waals surface area contributed by atoms with Gasteiger partial charge in [-0.1, -0.05) is 15.9 Å². The zero-order valence-corrected chi connectivity index (χ0v) is 13.9. The first kappa shape index (κ1) is 16.2. The number of nitrogens with one attached hydrogen (secondary N) is 1. The van der Waals surface area contributed by atoms with Gasteiger partial charge in [-0.15, -0.1) is 0 Å². The Morgan fingerprint density at radius 3 is 2.94 bits per heavy atom. The predicted octanol–water partition coefficient (Wildman–Crippen LogP) is 2.49. The van der Waals surface area contributed by atoms with Gasteiger partial charge < -0.3 is 19.9 Å². The Kier molecular flexibility index (Phi) is 8.16. The number of benzene rings is 1. The molecule has 0 aliphatic carbocycles. The summed E-state index contributed by atoms with van der Waals surface area (Å²) in [7, 11) is 1.62. The van der Waals surface area contributed by atoms with Gasteiger partial charge in [0.05, 0.1) is 25.9 Å². The molecule has 0 aliphatic rings. The summed E-state index contributed by atoms with van der Waals surface area (Å²) in [6, 6.07) is 5.98. The summed E-state index contributed by atoms with van der Waals surface area (Å²) in [5.41, 5.74) is 1.00. The van der Waals surface area contributed by atoms with Gasteiger partial charge in [0, 0.05) is 27.4 Å². The molecule has 0 aliphatic heterocycles. The highest BCUT2D eigenvalue weighted by molar-refractivity contribution is 14.1. The molecule has 4 nitrogen and oxygen atoms in total. The Morgan fingerprint density at radius 1 is 1.44 bits per heavy atom. The molecule has 0 fully saturated rings. The Bertz CT molecular complexity index is 365. The number of hydrogen-bond acceptors (Lipinski definition) is 4. The topological polar surface area (TPSA) is 50.7 Å². The predicted molar refractivity (Wildman–Crippen MR) is 84.1 cm³/mol. The Hall–Kier alpha value is 0.110. The number of aliphatic hydroxyl groups excluding tert-OH is 1. The molecule has 0 saturated heterocycles. The summed E-state index contributed by atoms with van der Waals surface area (Å²) in [5.74, 6) is 0. The van der Waals surface area contributed by atoms with Gasteiger partial charge in [-0.25, -0.2) is 0 Å². The van der Waals surface area contributed by atoms with Gasteiger partial charge in [0.2, 0.25) is 0 Å². The van der Waals surface area contributed by atoms with Crippen LogP contribution in [0.4, 0.5) is 5.69 Å². The highest BCUT2D eigenvalue weighted by Crippen LogP contribution is 2.22. The van der Waals surface area contributed by atoms with E-state index in [0.29, 0.717) is 26.4 Å². The molecular weight excluding hydrogens is 413 g/mol. The van der Waals surface area contributed by atoms with Crippen LogP contribution >= 0.6 is 38.5 Å². The van der Waals surface area contributed by atoms with E-state index >= 15 is 0 Å². The highest BCUT2D eigenvalue weighted by atomic mass is 127. The zero-order valence-electron chi connectivity index (χ0n) is 10.2. The van der Waals surface area contributed by atoms with E-state index in [1.807, 2.05) is 18.2 Å². The van der Waals surface area contributed by atoms with Gasteiger partial charge in [0.1, 0.15) is 0 Å². The number of rotatable bonds is 8. The van der Waals surface area contributed by atoms with E-state index in [2.05, 4.69) is 43.8 Å². The van der Waals surface area contributed by atoms with E-state index in [0.717, 1.165) is 13.7 Å². The van der Waals surface area contributed by atoms with Crippen LogP contribution in [-0.4, -0.2) is 44.7 Å². The smallest absolute Gasteiger partial charge is 0.0945 e. The Morgan fingerprint density at radius 2 is 2.22 bits per heavy atom. The van der Waals surface area contributed by atoms with Gasteiger partial charge in [-0.3, -0.25) is 0 Å². The zero-order chi connectivity index (χ0) is 13.4. The monoisotopic (exact) mass is 429 g/mol. The molecule has 0 radical (unpaired) electrons. The highest BCUT2D eigenvalue weighted by Gasteiger charge is 2.06. The molecule has 0 aromatic heterocycles. The maximum absolute atomic E-state index is 9.73. The third kappa shape index (κ3) is 6.33. The van der Waals surface area contributed by atoms with Gasteiger partial charge in [-0.2, -0.15) is 0 Å². The average Bonchev–Trinajstić information content (AvgIpc) is 2.36. The lowest BCUT2D eigenvalue weighted by Crippen LogP contribution is -2.25. The van der Waals surface area contributed by atoms with Crippen LogP contribution in [-0.2, 0) is 9.47 Å². The third-order valence-electron chi connectivity index (χ3n) is 2.20. The maximum Gasteiger partial charge on any atom is 0.0945 e. The van der Waals surface area contributed by atoms with E-state index in [1.54, 1.807) is 7.11 Å². The molecule has 0 bridgehead atoms. The van der Waals surface area contributed by atoms with Gasteiger partial charge in [0.25, 0.3) is 0 Å². The molecular formula is C12H17BrINO3. The van der Waals surface area contributed by atoms with Crippen LogP contribution in [0.3, 0.4) is 0 Å². The first-order chi connectivity index (χ1) is 8.63. The van der Waals surface area contributed by atoms with Crippen molar-refractivity contribution in [2.45, 2.75) is 6.10 Å². The minimum atomic E-state index is -0.531. The van der Waals surface area contributed by atoms with Gasteiger partial charge in [-0.05, 0) is 40.8 Å². The molecule has 0 spiro atoms. The van der Waals surface area contributed by atoms with E-state index in [4.69, 9.17) is 9.47 Å². The maximum atomic E-state index is 9.73. The van der Waals surface area contributed by atoms with E-state index in [-0.39, 0.29) is 0 Å². The normalized spacial score (nSPS) is 12.4. The minimum Gasteiger partial charge on any atom is -0.389 e.